The van der Waals surface area contributed by atoms with Gasteiger partial charge in [-0.1, -0.05) is 0 Å². The highest BCUT2D eigenvalue weighted by molar-refractivity contribution is 6.13. The Labute approximate surface area is 95.4 Å². The minimum Gasteiger partial charge on any atom is -0.497 e. The molecular formula is C11H18O5. The summed E-state index contributed by atoms with van der Waals surface area (Å²) in [6, 6.07) is 0. The summed E-state index contributed by atoms with van der Waals surface area (Å²) in [7, 11) is 0. The Bertz CT molecular complexity index is 248. The van der Waals surface area contributed by atoms with Gasteiger partial charge in [0.05, 0.1) is 19.3 Å². The van der Waals surface area contributed by atoms with Gasteiger partial charge in [-0.25, -0.2) is 9.59 Å². The molecule has 0 aromatic carbocycles. The van der Waals surface area contributed by atoms with Crippen LogP contribution >= 0.6 is 0 Å². The van der Waals surface area contributed by atoms with Crippen molar-refractivity contribution in [3.05, 3.63) is 11.8 Å². The summed E-state index contributed by atoms with van der Waals surface area (Å²) in [5.41, 5.74) is -0.225. The highest BCUT2D eigenvalue weighted by Crippen LogP contribution is 2.04. The predicted octanol–water partition coefficient (Wildman–Crippen LogP) is 1.42. The zero-order valence-corrected chi connectivity index (χ0v) is 10.1. The molecule has 0 aliphatic heterocycles. The SMILES string of the molecule is CCOC(=O)C(=COC(C)C)C(=O)OCC. The van der Waals surface area contributed by atoms with Crippen LogP contribution < -0.4 is 0 Å². The van der Waals surface area contributed by atoms with E-state index in [-0.39, 0.29) is 24.9 Å². The van der Waals surface area contributed by atoms with Crippen molar-refractivity contribution in [2.24, 2.45) is 0 Å². The van der Waals surface area contributed by atoms with E-state index in [1.54, 1.807) is 27.7 Å². The van der Waals surface area contributed by atoms with Crippen molar-refractivity contribution in [3.8, 4) is 0 Å². The van der Waals surface area contributed by atoms with E-state index in [9.17, 15) is 9.59 Å². The quantitative estimate of drug-likeness (QED) is 0.227. The van der Waals surface area contributed by atoms with E-state index >= 15 is 0 Å². The fourth-order valence-electron chi connectivity index (χ4n) is 0.801. The van der Waals surface area contributed by atoms with Crippen molar-refractivity contribution in [2.75, 3.05) is 13.2 Å². The minimum atomic E-state index is -0.735. The molecule has 0 aliphatic carbocycles. The summed E-state index contributed by atoms with van der Waals surface area (Å²) in [6.07, 6.45) is 0.958. The van der Waals surface area contributed by atoms with Gasteiger partial charge < -0.3 is 14.2 Å². The first-order valence-corrected chi connectivity index (χ1v) is 5.22. The maximum atomic E-state index is 11.4. The number of rotatable bonds is 6. The van der Waals surface area contributed by atoms with Crippen LogP contribution in [0.4, 0.5) is 0 Å². The molecule has 16 heavy (non-hydrogen) atoms. The number of ether oxygens (including phenoxy) is 3. The van der Waals surface area contributed by atoms with E-state index in [0.717, 1.165) is 6.26 Å². The third-order valence-electron chi connectivity index (χ3n) is 1.45. The van der Waals surface area contributed by atoms with Crippen LogP contribution in [0, 0.1) is 0 Å². The second kappa shape index (κ2) is 7.73. The summed E-state index contributed by atoms with van der Waals surface area (Å²) < 4.78 is 14.5. The molecule has 0 atom stereocenters. The number of hydrogen-bond donors (Lipinski definition) is 0. The zero-order valence-electron chi connectivity index (χ0n) is 10.1. The molecule has 92 valence electrons. The number of hydrogen-bond acceptors (Lipinski definition) is 5. The van der Waals surface area contributed by atoms with Gasteiger partial charge in [-0.15, -0.1) is 0 Å². The first-order chi connectivity index (χ1) is 7.52. The van der Waals surface area contributed by atoms with Crippen molar-refractivity contribution in [2.45, 2.75) is 33.8 Å². The van der Waals surface area contributed by atoms with Gasteiger partial charge in [0.15, 0.2) is 5.57 Å². The lowest BCUT2D eigenvalue weighted by Gasteiger charge is -2.08. The summed E-state index contributed by atoms with van der Waals surface area (Å²) in [5, 5.41) is 0. The van der Waals surface area contributed by atoms with Gasteiger partial charge in [-0.2, -0.15) is 0 Å². The molecule has 0 saturated heterocycles. The van der Waals surface area contributed by atoms with Crippen molar-refractivity contribution in [1.82, 2.24) is 0 Å². The van der Waals surface area contributed by atoms with Crippen molar-refractivity contribution in [1.29, 1.82) is 0 Å². The second-order valence-electron chi connectivity index (χ2n) is 3.16. The van der Waals surface area contributed by atoms with Gasteiger partial charge in [0.1, 0.15) is 6.26 Å². The molecule has 0 N–H and O–H groups in total. The smallest absolute Gasteiger partial charge is 0.348 e. The van der Waals surface area contributed by atoms with Gasteiger partial charge in [0.25, 0.3) is 0 Å². The van der Waals surface area contributed by atoms with Gasteiger partial charge >= 0.3 is 11.9 Å². The van der Waals surface area contributed by atoms with Crippen molar-refractivity contribution in [3.63, 3.8) is 0 Å². The van der Waals surface area contributed by atoms with Crippen LogP contribution in [0.25, 0.3) is 0 Å². The number of carbonyl (C=O) groups is 2. The molecule has 0 radical (unpaired) electrons. The normalized spacial score (nSPS) is 9.56. The monoisotopic (exact) mass is 230 g/mol. The summed E-state index contributed by atoms with van der Waals surface area (Å²) >= 11 is 0. The minimum absolute atomic E-state index is 0.126. The van der Waals surface area contributed by atoms with Crippen molar-refractivity contribution < 1.29 is 23.8 Å². The van der Waals surface area contributed by atoms with E-state index in [0.29, 0.717) is 0 Å². The van der Waals surface area contributed by atoms with Gasteiger partial charge in [0, 0.05) is 0 Å². The van der Waals surface area contributed by atoms with E-state index < -0.39 is 11.9 Å². The third kappa shape index (κ3) is 5.38. The van der Waals surface area contributed by atoms with Crippen LogP contribution in [-0.4, -0.2) is 31.3 Å². The van der Waals surface area contributed by atoms with Crippen LogP contribution in [0.1, 0.15) is 27.7 Å². The Morgan fingerprint density at radius 3 is 1.81 bits per heavy atom. The molecular weight excluding hydrogens is 212 g/mol. The Hall–Kier alpha value is -1.52. The van der Waals surface area contributed by atoms with Crippen LogP contribution in [0.5, 0.6) is 0 Å². The van der Waals surface area contributed by atoms with E-state index in [1.807, 2.05) is 0 Å². The standard InChI is InChI=1S/C11H18O5/c1-5-14-10(12)9(7-16-8(3)4)11(13)15-6-2/h7-8H,5-6H2,1-4H3. The molecule has 0 unspecified atom stereocenters. The molecule has 5 nitrogen and oxygen atoms in total. The van der Waals surface area contributed by atoms with Gasteiger partial charge in [0.2, 0.25) is 0 Å². The summed E-state index contributed by atoms with van der Waals surface area (Å²) in [6.45, 7) is 7.26. The molecule has 0 saturated carbocycles. The molecule has 0 aromatic rings. The Morgan fingerprint density at radius 2 is 1.50 bits per heavy atom. The topological polar surface area (TPSA) is 61.8 Å². The van der Waals surface area contributed by atoms with E-state index in [1.165, 1.54) is 0 Å². The molecule has 0 amide bonds. The third-order valence-corrected chi connectivity index (χ3v) is 1.45. The summed E-state index contributed by atoms with van der Waals surface area (Å²) in [4.78, 5) is 22.8. The van der Waals surface area contributed by atoms with Gasteiger partial charge in [-0.05, 0) is 27.7 Å². The van der Waals surface area contributed by atoms with Crippen molar-refractivity contribution >= 4 is 11.9 Å². The fraction of sp³-hybridized carbons (Fsp3) is 0.636. The van der Waals surface area contributed by atoms with E-state index in [2.05, 4.69) is 0 Å². The van der Waals surface area contributed by atoms with E-state index in [4.69, 9.17) is 14.2 Å². The highest BCUT2D eigenvalue weighted by Gasteiger charge is 2.21. The first kappa shape index (κ1) is 14.5. The van der Waals surface area contributed by atoms with Crippen LogP contribution in [0.2, 0.25) is 0 Å². The largest absolute Gasteiger partial charge is 0.497 e. The lowest BCUT2D eigenvalue weighted by molar-refractivity contribution is -0.146. The predicted molar refractivity (Wildman–Crippen MR) is 57.6 cm³/mol. The van der Waals surface area contributed by atoms with Crippen LogP contribution in [0.3, 0.4) is 0 Å². The highest BCUT2D eigenvalue weighted by atomic mass is 16.6. The number of esters is 2. The molecule has 0 fully saturated rings. The molecule has 0 spiro atoms. The lowest BCUT2D eigenvalue weighted by atomic mass is 10.3. The van der Waals surface area contributed by atoms with Gasteiger partial charge in [-0.3, -0.25) is 0 Å². The molecule has 0 rings (SSSR count). The molecule has 0 heterocycles. The summed E-state index contributed by atoms with van der Waals surface area (Å²) in [5.74, 6) is -1.47. The maximum Gasteiger partial charge on any atom is 0.348 e. The van der Waals surface area contributed by atoms with Crippen LogP contribution in [0.15, 0.2) is 11.8 Å². The lowest BCUT2D eigenvalue weighted by Crippen LogP contribution is -2.19. The molecule has 0 aromatic heterocycles. The molecule has 0 bridgehead atoms. The fourth-order valence-corrected chi connectivity index (χ4v) is 0.801. The first-order valence-electron chi connectivity index (χ1n) is 5.22. The Balaban J connectivity index is 4.68. The average Bonchev–Trinajstić information content (AvgIpc) is 2.18. The second-order valence-corrected chi connectivity index (χ2v) is 3.16. The molecule has 5 heteroatoms. The maximum absolute atomic E-state index is 11.4. The zero-order chi connectivity index (χ0) is 12.6. The number of carbonyl (C=O) groups excluding carboxylic acids is 2. The molecule has 0 aliphatic rings. The average molecular weight is 230 g/mol. The Kier molecular flexibility index (Phi) is 7.00. The Morgan fingerprint density at radius 1 is 1.06 bits per heavy atom. The van der Waals surface area contributed by atoms with Crippen LogP contribution in [-0.2, 0) is 23.8 Å².